The highest BCUT2D eigenvalue weighted by Gasteiger charge is 2.31. The molecule has 3 aromatic carbocycles. The van der Waals surface area contributed by atoms with Gasteiger partial charge in [0.05, 0.1) is 32.2 Å². The summed E-state index contributed by atoms with van der Waals surface area (Å²) in [6.07, 6.45) is -0.127. The Morgan fingerprint density at radius 3 is 2.39 bits per heavy atom. The zero-order valence-corrected chi connectivity index (χ0v) is 25.2. The van der Waals surface area contributed by atoms with Crippen molar-refractivity contribution >= 4 is 23.6 Å². The molecular formula is C33H38N4O7. The van der Waals surface area contributed by atoms with Crippen molar-refractivity contribution in [2.45, 2.75) is 24.9 Å². The lowest BCUT2D eigenvalue weighted by molar-refractivity contribution is -0.137. The first-order valence-corrected chi connectivity index (χ1v) is 14.4. The number of nitrogens with zero attached hydrogens (tertiary/aromatic N) is 2. The van der Waals surface area contributed by atoms with E-state index in [1.54, 1.807) is 50.5 Å². The van der Waals surface area contributed by atoms with E-state index in [9.17, 15) is 19.2 Å². The van der Waals surface area contributed by atoms with Gasteiger partial charge < -0.3 is 34.6 Å². The van der Waals surface area contributed by atoms with E-state index in [2.05, 4.69) is 10.6 Å². The second-order valence-electron chi connectivity index (χ2n) is 10.4. The third kappa shape index (κ3) is 8.50. The maximum atomic E-state index is 13.6. The van der Waals surface area contributed by atoms with Crippen molar-refractivity contribution in [3.8, 4) is 17.2 Å². The highest BCUT2D eigenvalue weighted by molar-refractivity contribution is 6.01. The van der Waals surface area contributed by atoms with Gasteiger partial charge in [-0.15, -0.1) is 0 Å². The summed E-state index contributed by atoms with van der Waals surface area (Å²) in [5.74, 6) is -0.517. The molecule has 11 nitrogen and oxygen atoms in total. The number of amides is 4. The third-order valence-corrected chi connectivity index (χ3v) is 7.23. The number of ether oxygens (including phenoxy) is 3. The number of benzene rings is 3. The summed E-state index contributed by atoms with van der Waals surface area (Å²) < 4.78 is 17.0. The van der Waals surface area contributed by atoms with Crippen molar-refractivity contribution < 1.29 is 33.4 Å². The van der Waals surface area contributed by atoms with Crippen molar-refractivity contribution in [3.63, 3.8) is 0 Å². The Bertz CT molecular complexity index is 1450. The standard InChI is InChI=1S/C33H38N4O7/c1-36-17-19-43-27-14-8-7-13-24(27)31(39)35-26(22-30(38)34-25(32(36)40)21-23-11-5-4-6-12-23)33(41)37(2)18-20-44-29-16-10-9-15-28(29)42-3/h4-16,25-26H,17-22H2,1-3H3,(H,34,38)(H,35,39)/t25-,26+/m1/s1. The lowest BCUT2D eigenvalue weighted by Crippen LogP contribution is -2.53. The van der Waals surface area contributed by atoms with Crippen LogP contribution in [0.25, 0.3) is 0 Å². The molecule has 0 radical (unpaired) electrons. The van der Waals surface area contributed by atoms with Crippen LogP contribution in [0.15, 0.2) is 78.9 Å². The van der Waals surface area contributed by atoms with E-state index in [-0.39, 0.29) is 50.6 Å². The molecule has 0 spiro atoms. The number of fused-ring (bicyclic) bond motifs is 1. The van der Waals surface area contributed by atoms with Gasteiger partial charge in [0, 0.05) is 20.5 Å². The number of para-hydroxylation sites is 3. The Hall–Kier alpha value is -5.06. The van der Waals surface area contributed by atoms with Gasteiger partial charge in [-0.05, 0) is 29.8 Å². The van der Waals surface area contributed by atoms with Crippen LogP contribution in [-0.4, -0.2) is 93.0 Å². The number of nitrogens with one attached hydrogen (secondary N) is 2. The quantitative estimate of drug-likeness (QED) is 0.405. The van der Waals surface area contributed by atoms with Crippen molar-refractivity contribution in [1.29, 1.82) is 0 Å². The fourth-order valence-electron chi connectivity index (χ4n) is 4.78. The lowest BCUT2D eigenvalue weighted by Gasteiger charge is -2.28. The molecule has 0 fully saturated rings. The van der Waals surface area contributed by atoms with E-state index in [0.29, 0.717) is 17.2 Å². The molecule has 11 heteroatoms. The van der Waals surface area contributed by atoms with Gasteiger partial charge in [0.1, 0.15) is 31.0 Å². The number of rotatable bonds is 8. The van der Waals surface area contributed by atoms with Gasteiger partial charge in [-0.1, -0.05) is 54.6 Å². The molecule has 0 bridgehead atoms. The second-order valence-corrected chi connectivity index (χ2v) is 10.4. The minimum Gasteiger partial charge on any atom is -0.493 e. The third-order valence-electron chi connectivity index (χ3n) is 7.23. The largest absolute Gasteiger partial charge is 0.493 e. The van der Waals surface area contributed by atoms with Gasteiger partial charge in [0.15, 0.2) is 11.5 Å². The molecule has 1 aliphatic heterocycles. The molecule has 1 aliphatic rings. The minimum atomic E-state index is -1.22. The van der Waals surface area contributed by atoms with Crippen molar-refractivity contribution in [1.82, 2.24) is 20.4 Å². The van der Waals surface area contributed by atoms with Crippen LogP contribution in [0.1, 0.15) is 22.3 Å². The SMILES string of the molecule is COc1ccccc1OCCN(C)C(=O)[C@@H]1CC(=O)N[C@H](Cc2ccccc2)C(=O)N(C)CCOc2ccccc2C(=O)N1. The summed E-state index contributed by atoms with van der Waals surface area (Å²) in [5.41, 5.74) is 1.07. The average molecular weight is 603 g/mol. The van der Waals surface area contributed by atoms with Gasteiger partial charge in [-0.3, -0.25) is 19.2 Å². The molecule has 0 saturated carbocycles. The molecule has 4 amide bonds. The molecule has 2 atom stereocenters. The molecule has 232 valence electrons. The van der Waals surface area contributed by atoms with Crippen molar-refractivity contribution in [3.05, 3.63) is 90.0 Å². The van der Waals surface area contributed by atoms with Crippen LogP contribution in [0.2, 0.25) is 0 Å². The smallest absolute Gasteiger partial charge is 0.255 e. The predicted molar refractivity (Wildman–Crippen MR) is 164 cm³/mol. The Balaban J connectivity index is 1.55. The number of hydrogen-bond donors (Lipinski definition) is 2. The van der Waals surface area contributed by atoms with Crippen LogP contribution < -0.4 is 24.8 Å². The van der Waals surface area contributed by atoms with Gasteiger partial charge in [0.2, 0.25) is 17.7 Å². The van der Waals surface area contributed by atoms with E-state index < -0.39 is 29.8 Å². The number of methoxy groups -OCH3 is 1. The molecule has 3 aromatic rings. The lowest BCUT2D eigenvalue weighted by atomic mass is 10.0. The van der Waals surface area contributed by atoms with Crippen LogP contribution in [0.3, 0.4) is 0 Å². The highest BCUT2D eigenvalue weighted by Crippen LogP contribution is 2.25. The maximum absolute atomic E-state index is 13.6. The first-order chi connectivity index (χ1) is 21.3. The van der Waals surface area contributed by atoms with Gasteiger partial charge in [-0.2, -0.15) is 0 Å². The summed E-state index contributed by atoms with van der Waals surface area (Å²) in [4.78, 5) is 56.8. The Morgan fingerprint density at radius 1 is 0.955 bits per heavy atom. The van der Waals surface area contributed by atoms with E-state index in [1.165, 1.54) is 16.9 Å². The van der Waals surface area contributed by atoms with E-state index >= 15 is 0 Å². The van der Waals surface area contributed by atoms with Crippen LogP contribution in [-0.2, 0) is 20.8 Å². The number of hydrogen-bond acceptors (Lipinski definition) is 7. The summed E-state index contributed by atoms with van der Waals surface area (Å²) in [7, 11) is 4.74. The van der Waals surface area contributed by atoms with Gasteiger partial charge >= 0.3 is 0 Å². The summed E-state index contributed by atoms with van der Waals surface area (Å²) >= 11 is 0. The van der Waals surface area contributed by atoms with Crippen LogP contribution in [0.5, 0.6) is 17.2 Å². The number of carbonyl (C=O) groups is 4. The fraction of sp³-hybridized carbons (Fsp3) is 0.333. The van der Waals surface area contributed by atoms with Gasteiger partial charge in [0.25, 0.3) is 5.91 Å². The molecule has 0 unspecified atom stereocenters. The highest BCUT2D eigenvalue weighted by atomic mass is 16.5. The fourth-order valence-corrected chi connectivity index (χ4v) is 4.78. The maximum Gasteiger partial charge on any atom is 0.255 e. The summed E-state index contributed by atoms with van der Waals surface area (Å²) in [6, 6.07) is 21.0. The first-order valence-electron chi connectivity index (χ1n) is 14.4. The Morgan fingerprint density at radius 2 is 1.64 bits per heavy atom. The van der Waals surface area contributed by atoms with Crippen LogP contribution in [0, 0.1) is 0 Å². The van der Waals surface area contributed by atoms with Gasteiger partial charge in [-0.25, -0.2) is 0 Å². The zero-order valence-electron chi connectivity index (χ0n) is 25.2. The first kappa shape index (κ1) is 31.9. The van der Waals surface area contributed by atoms with Crippen LogP contribution in [0.4, 0.5) is 0 Å². The number of likely N-dealkylation sites (N-methyl/N-ethyl adjacent to an activating group) is 2. The second kappa shape index (κ2) is 15.4. The molecule has 2 N–H and O–H groups in total. The normalized spacial score (nSPS) is 17.7. The molecule has 0 saturated heterocycles. The predicted octanol–water partition coefficient (Wildman–Crippen LogP) is 2.30. The van der Waals surface area contributed by atoms with E-state index in [0.717, 1.165) is 5.56 Å². The average Bonchev–Trinajstić information content (AvgIpc) is 3.03. The molecule has 4 rings (SSSR count). The van der Waals surface area contributed by atoms with Crippen molar-refractivity contribution in [2.75, 3.05) is 47.5 Å². The molecule has 0 aliphatic carbocycles. The summed E-state index contributed by atoms with van der Waals surface area (Å²) in [6.45, 7) is 0.672. The molecule has 44 heavy (non-hydrogen) atoms. The molecular weight excluding hydrogens is 564 g/mol. The molecule has 1 heterocycles. The topological polar surface area (TPSA) is 127 Å². The monoisotopic (exact) mass is 602 g/mol. The molecule has 0 aromatic heterocycles. The van der Waals surface area contributed by atoms with Crippen molar-refractivity contribution in [2.24, 2.45) is 0 Å². The minimum absolute atomic E-state index is 0.121. The van der Waals surface area contributed by atoms with E-state index in [4.69, 9.17) is 14.2 Å². The zero-order chi connectivity index (χ0) is 31.5. The Labute approximate surface area is 257 Å². The Kier molecular flexibility index (Phi) is 11.2. The van der Waals surface area contributed by atoms with E-state index in [1.807, 2.05) is 42.5 Å². The summed E-state index contributed by atoms with van der Waals surface area (Å²) in [5, 5.41) is 5.52. The number of carbonyl (C=O) groups excluding carboxylic acids is 4. The van der Waals surface area contributed by atoms with Crippen LogP contribution >= 0.6 is 0 Å².